The lowest BCUT2D eigenvalue weighted by Gasteiger charge is -2.26. The summed E-state index contributed by atoms with van der Waals surface area (Å²) >= 11 is 0. The van der Waals surface area contributed by atoms with E-state index in [0.717, 1.165) is 13.0 Å². The van der Waals surface area contributed by atoms with Crippen molar-refractivity contribution in [2.45, 2.75) is 33.2 Å². The highest BCUT2D eigenvalue weighted by Gasteiger charge is 2.18. The molecule has 1 rings (SSSR count). The van der Waals surface area contributed by atoms with E-state index >= 15 is 0 Å². The van der Waals surface area contributed by atoms with E-state index in [-0.39, 0.29) is 18.6 Å². The monoisotopic (exact) mass is 289 g/mol. The maximum absolute atomic E-state index is 12.6. The van der Waals surface area contributed by atoms with Crippen LogP contribution in [0.2, 0.25) is 0 Å². The molecule has 4 heteroatoms. The SMILES string of the molecule is CCCN(C(=O)c1ccc(OC)c(C#CCO)c1)C(C)C. The second-order valence-corrected chi connectivity index (χ2v) is 4.97. The van der Waals surface area contributed by atoms with Gasteiger partial charge in [-0.2, -0.15) is 0 Å². The summed E-state index contributed by atoms with van der Waals surface area (Å²) in [5, 5.41) is 8.81. The summed E-state index contributed by atoms with van der Waals surface area (Å²) in [4.78, 5) is 14.4. The molecular formula is C17H23NO3. The number of benzene rings is 1. The Morgan fingerprint density at radius 3 is 2.67 bits per heavy atom. The highest BCUT2D eigenvalue weighted by Crippen LogP contribution is 2.20. The topological polar surface area (TPSA) is 49.8 Å². The molecule has 0 saturated carbocycles. The second kappa shape index (κ2) is 8.33. The number of carbonyl (C=O) groups excluding carboxylic acids is 1. The van der Waals surface area contributed by atoms with Crippen molar-refractivity contribution in [2.24, 2.45) is 0 Å². The highest BCUT2D eigenvalue weighted by molar-refractivity contribution is 5.95. The molecule has 114 valence electrons. The third-order valence-corrected chi connectivity index (χ3v) is 3.10. The van der Waals surface area contributed by atoms with Crippen molar-refractivity contribution < 1.29 is 14.6 Å². The van der Waals surface area contributed by atoms with Crippen molar-refractivity contribution >= 4 is 5.91 Å². The molecule has 4 nitrogen and oxygen atoms in total. The average molecular weight is 289 g/mol. The first-order valence-corrected chi connectivity index (χ1v) is 7.13. The average Bonchev–Trinajstić information content (AvgIpc) is 2.49. The van der Waals surface area contributed by atoms with E-state index < -0.39 is 0 Å². The number of nitrogens with zero attached hydrogens (tertiary/aromatic N) is 1. The predicted octanol–water partition coefficient (Wildman–Crippen LogP) is 2.30. The summed E-state index contributed by atoms with van der Waals surface area (Å²) in [6, 6.07) is 5.34. The zero-order valence-electron chi connectivity index (χ0n) is 13.1. The molecule has 0 unspecified atom stereocenters. The number of ether oxygens (including phenoxy) is 1. The molecule has 0 radical (unpaired) electrons. The van der Waals surface area contributed by atoms with Crippen LogP contribution >= 0.6 is 0 Å². The van der Waals surface area contributed by atoms with Gasteiger partial charge in [0.25, 0.3) is 5.91 Å². The molecule has 0 aliphatic carbocycles. The third-order valence-electron chi connectivity index (χ3n) is 3.10. The maximum atomic E-state index is 12.6. The van der Waals surface area contributed by atoms with Crippen LogP contribution in [0.25, 0.3) is 0 Å². The van der Waals surface area contributed by atoms with Gasteiger partial charge in [-0.3, -0.25) is 4.79 Å². The van der Waals surface area contributed by atoms with Gasteiger partial charge in [-0.25, -0.2) is 0 Å². The van der Waals surface area contributed by atoms with Crippen LogP contribution in [0.15, 0.2) is 18.2 Å². The summed E-state index contributed by atoms with van der Waals surface area (Å²) < 4.78 is 5.22. The number of aliphatic hydroxyl groups is 1. The smallest absolute Gasteiger partial charge is 0.254 e. The van der Waals surface area contributed by atoms with Crippen LogP contribution in [0.3, 0.4) is 0 Å². The Balaban J connectivity index is 3.15. The Labute approximate surface area is 126 Å². The molecule has 0 fully saturated rings. The molecule has 0 aromatic heterocycles. The van der Waals surface area contributed by atoms with E-state index in [9.17, 15) is 4.79 Å². The Morgan fingerprint density at radius 1 is 1.43 bits per heavy atom. The van der Waals surface area contributed by atoms with Gasteiger partial charge < -0.3 is 14.7 Å². The Kier molecular flexibility index (Phi) is 6.77. The summed E-state index contributed by atoms with van der Waals surface area (Å²) in [5.41, 5.74) is 1.19. The van der Waals surface area contributed by atoms with Gasteiger partial charge in [-0.15, -0.1) is 0 Å². The number of hydrogen-bond donors (Lipinski definition) is 1. The minimum atomic E-state index is -0.227. The molecule has 0 bridgehead atoms. The summed E-state index contributed by atoms with van der Waals surface area (Å²) in [5.74, 6) is 5.98. The first kappa shape index (κ1) is 17.1. The zero-order valence-corrected chi connectivity index (χ0v) is 13.1. The number of aliphatic hydroxyl groups excluding tert-OH is 1. The van der Waals surface area contributed by atoms with E-state index in [1.165, 1.54) is 0 Å². The fourth-order valence-corrected chi connectivity index (χ4v) is 2.07. The predicted molar refractivity (Wildman–Crippen MR) is 83.4 cm³/mol. The van der Waals surface area contributed by atoms with E-state index in [1.807, 2.05) is 18.7 Å². The minimum absolute atomic E-state index is 0.0125. The van der Waals surface area contributed by atoms with Crippen LogP contribution in [-0.2, 0) is 0 Å². The lowest BCUT2D eigenvalue weighted by Crippen LogP contribution is -2.37. The molecule has 0 spiro atoms. The van der Waals surface area contributed by atoms with Crippen LogP contribution in [-0.4, -0.2) is 42.2 Å². The largest absolute Gasteiger partial charge is 0.495 e. The van der Waals surface area contributed by atoms with Gasteiger partial charge in [0.1, 0.15) is 12.4 Å². The van der Waals surface area contributed by atoms with Gasteiger partial charge in [0.2, 0.25) is 0 Å². The number of amides is 1. The number of rotatable bonds is 5. The lowest BCUT2D eigenvalue weighted by atomic mass is 10.1. The first-order valence-electron chi connectivity index (χ1n) is 7.13. The van der Waals surface area contributed by atoms with Crippen LogP contribution in [0.1, 0.15) is 43.1 Å². The number of methoxy groups -OCH3 is 1. The van der Waals surface area contributed by atoms with Crippen molar-refractivity contribution in [3.05, 3.63) is 29.3 Å². The van der Waals surface area contributed by atoms with Gasteiger partial charge in [0.15, 0.2) is 0 Å². The van der Waals surface area contributed by atoms with Crippen molar-refractivity contribution in [1.82, 2.24) is 4.90 Å². The van der Waals surface area contributed by atoms with Crippen LogP contribution in [0, 0.1) is 11.8 Å². The van der Waals surface area contributed by atoms with Crippen molar-refractivity contribution in [1.29, 1.82) is 0 Å². The van der Waals surface area contributed by atoms with Gasteiger partial charge in [0, 0.05) is 18.2 Å². The molecule has 0 heterocycles. The van der Waals surface area contributed by atoms with Crippen molar-refractivity contribution in [2.75, 3.05) is 20.3 Å². The summed E-state index contributed by atoms with van der Waals surface area (Å²) in [7, 11) is 1.55. The molecule has 0 saturated heterocycles. The third kappa shape index (κ3) is 4.51. The maximum Gasteiger partial charge on any atom is 0.254 e. The standard InChI is InChI=1S/C17H23NO3/c1-5-10-18(13(2)3)17(20)15-8-9-16(21-4)14(12-15)7-6-11-19/h8-9,12-13,19H,5,10-11H2,1-4H3. The molecule has 1 N–H and O–H groups in total. The van der Waals surface area contributed by atoms with E-state index in [1.54, 1.807) is 25.3 Å². The van der Waals surface area contributed by atoms with Gasteiger partial charge >= 0.3 is 0 Å². The molecule has 0 aliphatic rings. The molecule has 21 heavy (non-hydrogen) atoms. The Hall–Kier alpha value is -1.99. The highest BCUT2D eigenvalue weighted by atomic mass is 16.5. The van der Waals surface area contributed by atoms with Crippen LogP contribution in [0.5, 0.6) is 5.75 Å². The lowest BCUT2D eigenvalue weighted by molar-refractivity contribution is 0.0706. The second-order valence-electron chi connectivity index (χ2n) is 4.97. The van der Waals surface area contributed by atoms with Gasteiger partial charge in [0.05, 0.1) is 12.7 Å². The van der Waals surface area contributed by atoms with Crippen LogP contribution in [0.4, 0.5) is 0 Å². The summed E-state index contributed by atoms with van der Waals surface area (Å²) in [6.07, 6.45) is 0.914. The van der Waals surface area contributed by atoms with Gasteiger partial charge in [-0.1, -0.05) is 18.8 Å². The quantitative estimate of drug-likeness (QED) is 0.846. The zero-order chi connectivity index (χ0) is 15.8. The Morgan fingerprint density at radius 2 is 2.14 bits per heavy atom. The Bertz CT molecular complexity index is 541. The normalized spacial score (nSPS) is 10.0. The fraction of sp³-hybridized carbons (Fsp3) is 0.471. The molecule has 1 amide bonds. The minimum Gasteiger partial charge on any atom is -0.495 e. The van der Waals surface area contributed by atoms with Crippen molar-refractivity contribution in [3.63, 3.8) is 0 Å². The fourth-order valence-electron chi connectivity index (χ4n) is 2.07. The summed E-state index contributed by atoms with van der Waals surface area (Å²) in [6.45, 7) is 6.55. The number of hydrogen-bond acceptors (Lipinski definition) is 3. The molecular weight excluding hydrogens is 266 g/mol. The van der Waals surface area contributed by atoms with Crippen LogP contribution < -0.4 is 4.74 Å². The first-order chi connectivity index (χ1) is 10.0. The van der Waals surface area contributed by atoms with Crippen molar-refractivity contribution in [3.8, 4) is 17.6 Å². The number of carbonyl (C=O) groups is 1. The van der Waals surface area contributed by atoms with E-state index in [4.69, 9.17) is 9.84 Å². The van der Waals surface area contributed by atoms with E-state index in [2.05, 4.69) is 18.8 Å². The van der Waals surface area contributed by atoms with Gasteiger partial charge in [-0.05, 0) is 38.5 Å². The molecule has 1 aromatic rings. The molecule has 0 atom stereocenters. The molecule has 0 aliphatic heterocycles. The molecule has 1 aromatic carbocycles. The van der Waals surface area contributed by atoms with E-state index in [0.29, 0.717) is 16.9 Å².